The first kappa shape index (κ1) is 17.9. The summed E-state index contributed by atoms with van der Waals surface area (Å²) in [6.07, 6.45) is 1.01. The van der Waals surface area contributed by atoms with Gasteiger partial charge in [-0.05, 0) is 67.8 Å². The number of hydrogen-bond donors (Lipinski definition) is 1. The Balaban J connectivity index is 1.89. The van der Waals surface area contributed by atoms with E-state index in [1.165, 1.54) is 0 Å². The van der Waals surface area contributed by atoms with Crippen LogP contribution in [0.15, 0.2) is 48.5 Å². The molecule has 0 bridgehead atoms. The zero-order valence-corrected chi connectivity index (χ0v) is 14.5. The van der Waals surface area contributed by atoms with E-state index in [0.717, 1.165) is 23.6 Å². The van der Waals surface area contributed by atoms with Gasteiger partial charge < -0.3 is 14.8 Å². The third-order valence-electron chi connectivity index (χ3n) is 3.50. The molecule has 0 spiro atoms. The van der Waals surface area contributed by atoms with Crippen LogP contribution in [0.5, 0.6) is 11.5 Å². The van der Waals surface area contributed by atoms with E-state index < -0.39 is 0 Å². The van der Waals surface area contributed by atoms with Gasteiger partial charge in [0.05, 0.1) is 13.2 Å². The smallest absolute Gasteiger partial charge is 0.255 e. The Kier molecular flexibility index (Phi) is 6.67. The zero-order valence-electron chi connectivity index (χ0n) is 14.5. The number of anilines is 1. The molecule has 0 saturated heterocycles. The van der Waals surface area contributed by atoms with Crippen molar-refractivity contribution in [1.29, 1.82) is 0 Å². The standard InChI is InChI=1S/C20H25NO3/c1-4-23-18-11-7-17(8-12-18)21-20(22)16-5-9-19(10-6-16)24-14-13-15(2)3/h5-12,15H,4,13-14H2,1-3H3,(H,21,22). The third-order valence-corrected chi connectivity index (χ3v) is 3.50. The van der Waals surface area contributed by atoms with Crippen LogP contribution in [0.25, 0.3) is 0 Å². The van der Waals surface area contributed by atoms with Crippen molar-refractivity contribution in [3.8, 4) is 11.5 Å². The van der Waals surface area contributed by atoms with Crippen molar-refractivity contribution in [2.24, 2.45) is 5.92 Å². The summed E-state index contributed by atoms with van der Waals surface area (Å²) in [7, 11) is 0. The highest BCUT2D eigenvalue weighted by atomic mass is 16.5. The first-order chi connectivity index (χ1) is 11.6. The minimum atomic E-state index is -0.145. The Bertz CT molecular complexity index is 633. The number of hydrogen-bond acceptors (Lipinski definition) is 3. The molecule has 1 N–H and O–H groups in total. The van der Waals surface area contributed by atoms with Crippen molar-refractivity contribution < 1.29 is 14.3 Å². The molecular formula is C20H25NO3. The first-order valence-electron chi connectivity index (χ1n) is 8.35. The minimum Gasteiger partial charge on any atom is -0.494 e. The molecular weight excluding hydrogens is 302 g/mol. The molecule has 0 saturated carbocycles. The summed E-state index contributed by atoms with van der Waals surface area (Å²) in [6.45, 7) is 7.58. The largest absolute Gasteiger partial charge is 0.494 e. The van der Waals surface area contributed by atoms with Gasteiger partial charge in [-0.3, -0.25) is 4.79 Å². The molecule has 0 aromatic heterocycles. The van der Waals surface area contributed by atoms with Crippen molar-refractivity contribution in [3.63, 3.8) is 0 Å². The molecule has 0 atom stereocenters. The molecule has 0 heterocycles. The lowest BCUT2D eigenvalue weighted by molar-refractivity contribution is 0.102. The van der Waals surface area contributed by atoms with Crippen LogP contribution in [0.3, 0.4) is 0 Å². The minimum absolute atomic E-state index is 0.145. The van der Waals surface area contributed by atoms with Gasteiger partial charge in [0.15, 0.2) is 0 Å². The maximum atomic E-state index is 12.3. The van der Waals surface area contributed by atoms with Crippen molar-refractivity contribution in [2.75, 3.05) is 18.5 Å². The highest BCUT2D eigenvalue weighted by Crippen LogP contribution is 2.18. The molecule has 0 aliphatic carbocycles. The van der Waals surface area contributed by atoms with Crippen LogP contribution in [-0.2, 0) is 0 Å². The fraction of sp³-hybridized carbons (Fsp3) is 0.350. The van der Waals surface area contributed by atoms with E-state index in [1.54, 1.807) is 12.1 Å². The van der Waals surface area contributed by atoms with Gasteiger partial charge in [-0.1, -0.05) is 13.8 Å². The summed E-state index contributed by atoms with van der Waals surface area (Å²) in [4.78, 5) is 12.3. The summed E-state index contributed by atoms with van der Waals surface area (Å²) in [6, 6.07) is 14.5. The van der Waals surface area contributed by atoms with E-state index in [1.807, 2.05) is 43.3 Å². The summed E-state index contributed by atoms with van der Waals surface area (Å²) in [5.41, 5.74) is 1.33. The van der Waals surface area contributed by atoms with E-state index in [2.05, 4.69) is 19.2 Å². The van der Waals surface area contributed by atoms with Crippen LogP contribution in [0.1, 0.15) is 37.6 Å². The molecule has 1 amide bonds. The monoisotopic (exact) mass is 327 g/mol. The number of amides is 1. The SMILES string of the molecule is CCOc1ccc(NC(=O)c2ccc(OCCC(C)C)cc2)cc1. The zero-order chi connectivity index (χ0) is 17.4. The molecule has 2 rings (SSSR count). The second-order valence-electron chi connectivity index (χ2n) is 5.97. The fourth-order valence-corrected chi connectivity index (χ4v) is 2.12. The third kappa shape index (κ3) is 5.61. The molecule has 24 heavy (non-hydrogen) atoms. The highest BCUT2D eigenvalue weighted by Gasteiger charge is 2.07. The van der Waals surface area contributed by atoms with E-state index in [9.17, 15) is 4.79 Å². The highest BCUT2D eigenvalue weighted by molar-refractivity contribution is 6.04. The van der Waals surface area contributed by atoms with Gasteiger partial charge >= 0.3 is 0 Å². The van der Waals surface area contributed by atoms with E-state index >= 15 is 0 Å². The summed E-state index contributed by atoms with van der Waals surface area (Å²) in [5.74, 6) is 2.05. The van der Waals surface area contributed by atoms with Gasteiger partial charge in [0, 0.05) is 11.3 Å². The maximum absolute atomic E-state index is 12.3. The Morgan fingerprint density at radius 2 is 1.54 bits per heavy atom. The number of rotatable bonds is 8. The Hall–Kier alpha value is -2.49. The average Bonchev–Trinajstić information content (AvgIpc) is 2.57. The normalized spacial score (nSPS) is 10.5. The van der Waals surface area contributed by atoms with Gasteiger partial charge in [-0.25, -0.2) is 0 Å². The molecule has 0 fully saturated rings. The maximum Gasteiger partial charge on any atom is 0.255 e. The predicted octanol–water partition coefficient (Wildman–Crippen LogP) is 4.76. The van der Waals surface area contributed by atoms with Gasteiger partial charge in [0.2, 0.25) is 0 Å². The number of carbonyl (C=O) groups is 1. The molecule has 0 unspecified atom stereocenters. The number of carbonyl (C=O) groups excluding carboxylic acids is 1. The van der Waals surface area contributed by atoms with E-state index in [4.69, 9.17) is 9.47 Å². The molecule has 128 valence electrons. The number of nitrogens with one attached hydrogen (secondary N) is 1. The topological polar surface area (TPSA) is 47.6 Å². The molecule has 4 heteroatoms. The molecule has 0 aliphatic rings. The lowest BCUT2D eigenvalue weighted by Crippen LogP contribution is -2.11. The fourth-order valence-electron chi connectivity index (χ4n) is 2.12. The molecule has 0 aliphatic heterocycles. The lowest BCUT2D eigenvalue weighted by atomic mass is 10.1. The van der Waals surface area contributed by atoms with Gasteiger partial charge in [-0.15, -0.1) is 0 Å². The lowest BCUT2D eigenvalue weighted by Gasteiger charge is -2.09. The van der Waals surface area contributed by atoms with Crippen LogP contribution < -0.4 is 14.8 Å². The van der Waals surface area contributed by atoms with Crippen LogP contribution in [0, 0.1) is 5.92 Å². The summed E-state index contributed by atoms with van der Waals surface area (Å²) in [5, 5.41) is 2.87. The van der Waals surface area contributed by atoms with Crippen molar-refractivity contribution in [2.45, 2.75) is 27.2 Å². The van der Waals surface area contributed by atoms with Gasteiger partial charge in [0.1, 0.15) is 11.5 Å². The van der Waals surface area contributed by atoms with E-state index in [0.29, 0.717) is 24.7 Å². The van der Waals surface area contributed by atoms with Crippen LogP contribution in [0.4, 0.5) is 5.69 Å². The van der Waals surface area contributed by atoms with Crippen LogP contribution >= 0.6 is 0 Å². The molecule has 4 nitrogen and oxygen atoms in total. The first-order valence-corrected chi connectivity index (χ1v) is 8.35. The summed E-state index contributed by atoms with van der Waals surface area (Å²) < 4.78 is 11.0. The van der Waals surface area contributed by atoms with Crippen LogP contribution in [-0.4, -0.2) is 19.1 Å². The molecule has 0 radical (unpaired) electrons. The number of ether oxygens (including phenoxy) is 2. The summed E-state index contributed by atoms with van der Waals surface area (Å²) >= 11 is 0. The Morgan fingerprint density at radius 1 is 0.958 bits per heavy atom. The number of benzene rings is 2. The van der Waals surface area contributed by atoms with Crippen molar-refractivity contribution in [1.82, 2.24) is 0 Å². The van der Waals surface area contributed by atoms with E-state index in [-0.39, 0.29) is 5.91 Å². The Morgan fingerprint density at radius 3 is 2.12 bits per heavy atom. The van der Waals surface area contributed by atoms with Crippen molar-refractivity contribution >= 4 is 11.6 Å². The second kappa shape index (κ2) is 8.96. The second-order valence-corrected chi connectivity index (χ2v) is 5.97. The van der Waals surface area contributed by atoms with Gasteiger partial charge in [0.25, 0.3) is 5.91 Å². The van der Waals surface area contributed by atoms with Crippen LogP contribution in [0.2, 0.25) is 0 Å². The van der Waals surface area contributed by atoms with Crippen molar-refractivity contribution in [3.05, 3.63) is 54.1 Å². The Labute approximate surface area is 143 Å². The molecule has 2 aromatic carbocycles. The van der Waals surface area contributed by atoms with Gasteiger partial charge in [-0.2, -0.15) is 0 Å². The average molecular weight is 327 g/mol. The predicted molar refractivity (Wildman–Crippen MR) is 97.0 cm³/mol. The quantitative estimate of drug-likeness (QED) is 0.760. The molecule has 2 aromatic rings.